The third kappa shape index (κ3) is 2.91. The minimum Gasteiger partial charge on any atom is -0.497 e. The Morgan fingerprint density at radius 3 is 2.84 bits per heavy atom. The Morgan fingerprint density at radius 2 is 2.16 bits per heavy atom. The van der Waals surface area contributed by atoms with E-state index in [0.29, 0.717) is 30.0 Å². The van der Waals surface area contributed by atoms with Crippen molar-refractivity contribution in [1.29, 1.82) is 0 Å². The van der Waals surface area contributed by atoms with Crippen molar-refractivity contribution in [2.24, 2.45) is 5.92 Å². The van der Waals surface area contributed by atoms with Crippen molar-refractivity contribution in [3.63, 3.8) is 0 Å². The molecule has 0 radical (unpaired) electrons. The number of oxazole rings is 1. The van der Waals surface area contributed by atoms with Crippen LogP contribution < -0.4 is 10.1 Å². The third-order valence-electron chi connectivity index (χ3n) is 5.44. The molecule has 0 bridgehead atoms. The Balaban J connectivity index is 1.61. The molecule has 2 saturated heterocycles. The van der Waals surface area contributed by atoms with Gasteiger partial charge in [-0.15, -0.1) is 0 Å². The van der Waals surface area contributed by atoms with Gasteiger partial charge in [-0.25, -0.2) is 4.98 Å². The second-order valence-electron chi connectivity index (χ2n) is 6.81. The molecular formula is C19H23N3O3. The molecule has 1 N–H and O–H groups in total. The van der Waals surface area contributed by atoms with Gasteiger partial charge in [0.2, 0.25) is 0 Å². The van der Waals surface area contributed by atoms with Crippen LogP contribution >= 0.6 is 0 Å². The number of ether oxygens (including phenoxy) is 1. The number of rotatable bonds is 3. The van der Waals surface area contributed by atoms with E-state index < -0.39 is 0 Å². The molecule has 1 aromatic heterocycles. The summed E-state index contributed by atoms with van der Waals surface area (Å²) < 4.78 is 10.5. The minimum atomic E-state index is -0.0234. The molecule has 4 rings (SSSR count). The number of aryl methyl sites for hydroxylation is 1. The largest absolute Gasteiger partial charge is 0.497 e. The van der Waals surface area contributed by atoms with Gasteiger partial charge in [-0.1, -0.05) is 12.1 Å². The number of benzene rings is 1. The first kappa shape index (κ1) is 16.1. The molecule has 3 heterocycles. The molecule has 2 aliphatic rings. The topological polar surface area (TPSA) is 67.6 Å². The number of nitrogens with zero attached hydrogens (tertiary/aromatic N) is 2. The smallest absolute Gasteiger partial charge is 0.276 e. The number of amides is 1. The Kier molecular flexibility index (Phi) is 4.21. The van der Waals surface area contributed by atoms with Crippen LogP contribution in [0.15, 0.2) is 34.9 Å². The summed E-state index contributed by atoms with van der Waals surface area (Å²) in [5, 5.41) is 3.49. The molecule has 6 heteroatoms. The molecular weight excluding hydrogens is 318 g/mol. The van der Waals surface area contributed by atoms with Crippen molar-refractivity contribution in [3.8, 4) is 5.75 Å². The summed E-state index contributed by atoms with van der Waals surface area (Å²) in [6, 6.07) is 8.46. The molecule has 1 amide bonds. The first-order chi connectivity index (χ1) is 12.2. The molecule has 2 fully saturated rings. The van der Waals surface area contributed by atoms with E-state index in [1.54, 1.807) is 14.0 Å². The normalized spacial score (nSPS) is 25.7. The zero-order valence-electron chi connectivity index (χ0n) is 14.6. The van der Waals surface area contributed by atoms with Crippen LogP contribution in [-0.4, -0.2) is 48.6 Å². The predicted octanol–water partition coefficient (Wildman–Crippen LogP) is 2.21. The maximum absolute atomic E-state index is 13.0. The Labute approximate surface area is 147 Å². The number of nitrogens with one attached hydrogen (secondary N) is 1. The second kappa shape index (κ2) is 6.52. The number of fused-ring (bicyclic) bond motifs is 1. The first-order valence-corrected chi connectivity index (χ1v) is 8.75. The van der Waals surface area contributed by atoms with Crippen molar-refractivity contribution < 1.29 is 13.9 Å². The average Bonchev–Trinajstić information content (AvgIpc) is 3.25. The van der Waals surface area contributed by atoms with Crippen molar-refractivity contribution in [3.05, 3.63) is 47.7 Å². The summed E-state index contributed by atoms with van der Waals surface area (Å²) in [6.45, 7) is 4.35. The van der Waals surface area contributed by atoms with E-state index in [9.17, 15) is 4.79 Å². The monoisotopic (exact) mass is 341 g/mol. The van der Waals surface area contributed by atoms with Gasteiger partial charge >= 0.3 is 0 Å². The fraction of sp³-hybridized carbons (Fsp3) is 0.474. The fourth-order valence-electron chi connectivity index (χ4n) is 4.19. The molecule has 1 aromatic carbocycles. The number of carbonyl (C=O) groups excluding carboxylic acids is 1. The third-order valence-corrected chi connectivity index (χ3v) is 5.44. The van der Waals surface area contributed by atoms with Gasteiger partial charge in [-0.2, -0.15) is 0 Å². The van der Waals surface area contributed by atoms with Crippen molar-refractivity contribution in [2.45, 2.75) is 25.3 Å². The predicted molar refractivity (Wildman–Crippen MR) is 92.8 cm³/mol. The molecule has 0 spiro atoms. The van der Waals surface area contributed by atoms with Crippen LogP contribution in [0, 0.1) is 12.8 Å². The summed E-state index contributed by atoms with van der Waals surface area (Å²) in [6.07, 6.45) is 2.44. The zero-order valence-corrected chi connectivity index (χ0v) is 14.6. The highest BCUT2D eigenvalue weighted by molar-refractivity contribution is 5.92. The summed E-state index contributed by atoms with van der Waals surface area (Å²) >= 11 is 0. The quantitative estimate of drug-likeness (QED) is 0.927. The van der Waals surface area contributed by atoms with Gasteiger partial charge < -0.3 is 19.4 Å². The number of likely N-dealkylation sites (tertiary alicyclic amines) is 1. The van der Waals surface area contributed by atoms with Gasteiger partial charge in [-0.05, 0) is 30.7 Å². The molecule has 25 heavy (non-hydrogen) atoms. The van der Waals surface area contributed by atoms with Crippen LogP contribution in [0.4, 0.5) is 0 Å². The molecule has 132 valence electrons. The molecule has 6 nitrogen and oxygen atoms in total. The van der Waals surface area contributed by atoms with Gasteiger partial charge in [-0.3, -0.25) is 4.79 Å². The molecule has 0 saturated carbocycles. The molecule has 2 aromatic rings. The van der Waals surface area contributed by atoms with Gasteiger partial charge in [0.1, 0.15) is 12.0 Å². The van der Waals surface area contributed by atoms with Crippen LogP contribution in [0.25, 0.3) is 0 Å². The number of hydrogen-bond donors (Lipinski definition) is 1. The maximum atomic E-state index is 13.0. The van der Waals surface area contributed by atoms with Crippen molar-refractivity contribution >= 4 is 5.91 Å². The van der Waals surface area contributed by atoms with E-state index in [1.165, 1.54) is 11.8 Å². The van der Waals surface area contributed by atoms with Crippen LogP contribution in [0.2, 0.25) is 0 Å². The Morgan fingerprint density at radius 1 is 1.36 bits per heavy atom. The maximum Gasteiger partial charge on any atom is 0.276 e. The van der Waals surface area contributed by atoms with Gasteiger partial charge in [0.15, 0.2) is 11.6 Å². The molecule has 3 atom stereocenters. The van der Waals surface area contributed by atoms with E-state index in [1.807, 2.05) is 17.0 Å². The van der Waals surface area contributed by atoms with Gasteiger partial charge in [0.25, 0.3) is 5.91 Å². The van der Waals surface area contributed by atoms with Crippen LogP contribution in [-0.2, 0) is 0 Å². The standard InChI is InChI=1S/C19H23N3O3/c1-12-21-17(11-25-12)19(23)22-10-16(15-9-20-8-7-18(15)22)13-3-5-14(24-2)6-4-13/h3-6,11,15-16,18,20H,7-10H2,1-2H3/t15-,16-,18-/m1/s1. The van der Waals surface area contributed by atoms with Crippen molar-refractivity contribution in [1.82, 2.24) is 15.2 Å². The van der Waals surface area contributed by atoms with Crippen LogP contribution in [0.5, 0.6) is 5.75 Å². The highest BCUT2D eigenvalue weighted by Gasteiger charge is 2.45. The number of hydrogen-bond acceptors (Lipinski definition) is 5. The van der Waals surface area contributed by atoms with E-state index in [4.69, 9.17) is 9.15 Å². The summed E-state index contributed by atoms with van der Waals surface area (Å²) in [7, 11) is 1.67. The number of aromatic nitrogens is 1. The van der Waals surface area contributed by atoms with Gasteiger partial charge in [0.05, 0.1) is 7.11 Å². The van der Waals surface area contributed by atoms with E-state index in [0.717, 1.165) is 25.3 Å². The summed E-state index contributed by atoms with van der Waals surface area (Å²) in [5.74, 6) is 2.09. The molecule has 0 aliphatic carbocycles. The highest BCUT2D eigenvalue weighted by Crippen LogP contribution is 2.40. The lowest BCUT2D eigenvalue weighted by atomic mass is 9.82. The average molecular weight is 341 g/mol. The molecule has 0 unspecified atom stereocenters. The number of piperidine rings is 1. The van der Waals surface area contributed by atoms with Crippen molar-refractivity contribution in [2.75, 3.05) is 26.7 Å². The Bertz CT molecular complexity index is 756. The van der Waals surface area contributed by atoms with Crippen LogP contribution in [0.3, 0.4) is 0 Å². The van der Waals surface area contributed by atoms with Gasteiger partial charge in [0, 0.05) is 37.9 Å². The van der Waals surface area contributed by atoms with E-state index >= 15 is 0 Å². The minimum absolute atomic E-state index is 0.0234. The van der Waals surface area contributed by atoms with E-state index in [-0.39, 0.29) is 11.9 Å². The highest BCUT2D eigenvalue weighted by atomic mass is 16.5. The zero-order chi connectivity index (χ0) is 17.4. The lowest BCUT2D eigenvalue weighted by Gasteiger charge is -2.32. The number of carbonyl (C=O) groups is 1. The molecule has 2 aliphatic heterocycles. The second-order valence-corrected chi connectivity index (χ2v) is 6.81. The van der Waals surface area contributed by atoms with Crippen LogP contribution in [0.1, 0.15) is 34.3 Å². The summed E-state index contributed by atoms with van der Waals surface area (Å²) in [4.78, 5) is 19.2. The SMILES string of the molecule is COc1ccc([C@H]2CN(C(=O)c3coc(C)n3)[C@@H]3CCNC[C@H]23)cc1. The lowest BCUT2D eigenvalue weighted by molar-refractivity contribution is 0.0691. The lowest BCUT2D eigenvalue weighted by Crippen LogP contribution is -2.46. The Hall–Kier alpha value is -2.34. The summed E-state index contributed by atoms with van der Waals surface area (Å²) in [5.41, 5.74) is 1.66. The number of methoxy groups -OCH3 is 1. The first-order valence-electron chi connectivity index (χ1n) is 8.75. The van der Waals surface area contributed by atoms with E-state index in [2.05, 4.69) is 22.4 Å². The fourth-order valence-corrected chi connectivity index (χ4v) is 4.19.